The summed E-state index contributed by atoms with van der Waals surface area (Å²) in [4.78, 5) is 30.8. The van der Waals surface area contributed by atoms with E-state index >= 15 is 0 Å². The molecule has 40 heavy (non-hydrogen) atoms. The van der Waals surface area contributed by atoms with Crippen molar-refractivity contribution >= 4 is 39.6 Å². The van der Waals surface area contributed by atoms with Crippen molar-refractivity contribution in [3.05, 3.63) is 78.1 Å². The number of ether oxygens (including phenoxy) is 3. The Hall–Kier alpha value is -4.02. The van der Waals surface area contributed by atoms with E-state index in [1.807, 2.05) is 72.3 Å². The predicted octanol–water partition coefficient (Wildman–Crippen LogP) is 5.07. The number of morpholine rings is 1. The maximum absolute atomic E-state index is 12.1. The molecular weight excluding hydrogens is 528 g/mol. The molecule has 2 fully saturated rings. The number of aryl methyl sites for hydroxylation is 1. The number of fused-ring (bicyclic) bond motifs is 1. The van der Waals surface area contributed by atoms with Crippen LogP contribution in [0.4, 0.5) is 10.5 Å². The number of thioether (sulfide) groups is 1. The van der Waals surface area contributed by atoms with Gasteiger partial charge in [-0.15, -0.1) is 0 Å². The number of hydrogen-bond acceptors (Lipinski definition) is 8. The van der Waals surface area contributed by atoms with Crippen LogP contribution in [0.1, 0.15) is 18.3 Å². The second-order valence-corrected chi connectivity index (χ2v) is 11.6. The van der Waals surface area contributed by atoms with Crippen LogP contribution in [0.15, 0.2) is 66.7 Å². The molecule has 6 rings (SSSR count). The third kappa shape index (κ3) is 5.37. The zero-order valence-corrected chi connectivity index (χ0v) is 23.2. The van der Waals surface area contributed by atoms with Crippen LogP contribution in [0.5, 0.6) is 17.2 Å². The number of benzene rings is 3. The Bertz CT molecular complexity index is 1560. The molecule has 4 aromatic rings. The summed E-state index contributed by atoms with van der Waals surface area (Å²) in [6, 6.07) is 21.6. The van der Waals surface area contributed by atoms with Gasteiger partial charge in [0.2, 0.25) is 5.91 Å². The van der Waals surface area contributed by atoms with E-state index in [1.54, 1.807) is 6.92 Å². The molecule has 2 amide bonds. The average molecular weight is 559 g/mol. The largest absolute Gasteiger partial charge is 0.486 e. The Labute approximate surface area is 236 Å². The first kappa shape index (κ1) is 26.2. The molecule has 0 spiro atoms. The number of anilines is 1. The van der Waals surface area contributed by atoms with Gasteiger partial charge in [-0.2, -0.15) is 0 Å². The van der Waals surface area contributed by atoms with Gasteiger partial charge in [0.15, 0.2) is 5.75 Å². The summed E-state index contributed by atoms with van der Waals surface area (Å²) in [5.74, 6) is 2.79. The van der Waals surface area contributed by atoms with Crippen LogP contribution in [0.25, 0.3) is 11.0 Å². The summed E-state index contributed by atoms with van der Waals surface area (Å²) in [6.45, 7) is 5.18. The summed E-state index contributed by atoms with van der Waals surface area (Å²) >= 11 is 1.04. The number of imidazole rings is 1. The van der Waals surface area contributed by atoms with E-state index in [-0.39, 0.29) is 11.1 Å². The highest BCUT2D eigenvalue weighted by Gasteiger charge is 2.43. The van der Waals surface area contributed by atoms with Crippen LogP contribution in [0.3, 0.4) is 0 Å². The highest BCUT2D eigenvalue weighted by Crippen LogP contribution is 2.36. The van der Waals surface area contributed by atoms with Crippen LogP contribution in [0.2, 0.25) is 0 Å². The molecule has 0 radical (unpaired) electrons. The van der Waals surface area contributed by atoms with Crippen molar-refractivity contribution in [2.24, 2.45) is 7.05 Å². The van der Waals surface area contributed by atoms with E-state index in [2.05, 4.69) is 16.3 Å². The first-order chi connectivity index (χ1) is 19.4. The van der Waals surface area contributed by atoms with E-state index in [9.17, 15) is 9.59 Å². The first-order valence-electron chi connectivity index (χ1n) is 13.2. The summed E-state index contributed by atoms with van der Waals surface area (Å²) in [5.41, 5.74) is 3.83. The molecule has 1 N–H and O–H groups in total. The molecule has 3 aromatic carbocycles. The van der Waals surface area contributed by atoms with E-state index in [4.69, 9.17) is 19.2 Å². The summed E-state index contributed by atoms with van der Waals surface area (Å²) < 4.78 is 19.1. The Morgan fingerprint density at radius 2 is 1.77 bits per heavy atom. The lowest BCUT2D eigenvalue weighted by molar-refractivity contribution is -0.121. The molecule has 1 atom stereocenters. The molecular formula is C30H30N4O5S. The van der Waals surface area contributed by atoms with E-state index < -0.39 is 4.75 Å². The lowest BCUT2D eigenvalue weighted by Gasteiger charge is -2.30. The monoisotopic (exact) mass is 558 g/mol. The SMILES string of the molecule is Cn1c(COc2ccc(C[C@@]3(C)SC(=O)NC3=O)cc2)nc2ccc(Oc3ccccc3N3CCOCC3)cc21. The molecule has 2 aliphatic heterocycles. The summed E-state index contributed by atoms with van der Waals surface area (Å²) in [7, 11) is 1.97. The maximum Gasteiger partial charge on any atom is 0.286 e. The highest BCUT2D eigenvalue weighted by molar-refractivity contribution is 8.16. The molecule has 0 bridgehead atoms. The second-order valence-electron chi connectivity index (χ2n) is 10.1. The van der Waals surface area contributed by atoms with E-state index in [0.717, 1.165) is 64.5 Å². The molecule has 2 aliphatic rings. The van der Waals surface area contributed by atoms with Gasteiger partial charge in [0.25, 0.3) is 5.24 Å². The molecule has 206 valence electrons. The summed E-state index contributed by atoms with van der Waals surface area (Å²) in [6.07, 6.45) is 0.460. The second kappa shape index (κ2) is 10.9. The third-order valence-electron chi connectivity index (χ3n) is 7.24. The Morgan fingerprint density at radius 3 is 2.52 bits per heavy atom. The number of rotatable bonds is 8. The smallest absolute Gasteiger partial charge is 0.286 e. The van der Waals surface area contributed by atoms with Gasteiger partial charge in [0.1, 0.15) is 28.7 Å². The van der Waals surface area contributed by atoms with Gasteiger partial charge in [-0.25, -0.2) is 4.98 Å². The fourth-order valence-corrected chi connectivity index (χ4v) is 5.94. The van der Waals surface area contributed by atoms with Gasteiger partial charge >= 0.3 is 0 Å². The number of aromatic nitrogens is 2. The molecule has 0 unspecified atom stereocenters. The van der Waals surface area contributed by atoms with Gasteiger partial charge < -0.3 is 23.7 Å². The fraction of sp³-hybridized carbons (Fsp3) is 0.300. The number of hydrogen-bond donors (Lipinski definition) is 1. The van der Waals surface area contributed by atoms with Crippen molar-refractivity contribution in [3.63, 3.8) is 0 Å². The summed E-state index contributed by atoms with van der Waals surface area (Å²) in [5, 5.41) is 2.06. The average Bonchev–Trinajstić information content (AvgIpc) is 3.41. The van der Waals surface area contributed by atoms with Crippen molar-refractivity contribution in [2.45, 2.75) is 24.7 Å². The number of nitrogens with one attached hydrogen (secondary N) is 1. The minimum atomic E-state index is -0.792. The van der Waals surface area contributed by atoms with Crippen molar-refractivity contribution in [1.82, 2.24) is 14.9 Å². The highest BCUT2D eigenvalue weighted by atomic mass is 32.2. The molecule has 0 saturated carbocycles. The van der Waals surface area contributed by atoms with Gasteiger partial charge in [-0.1, -0.05) is 24.3 Å². The van der Waals surface area contributed by atoms with Crippen LogP contribution in [0, 0.1) is 0 Å². The molecule has 9 nitrogen and oxygen atoms in total. The zero-order valence-electron chi connectivity index (χ0n) is 22.4. The van der Waals surface area contributed by atoms with Crippen LogP contribution in [-0.2, 0) is 29.6 Å². The van der Waals surface area contributed by atoms with Gasteiger partial charge in [0.05, 0.1) is 29.9 Å². The third-order valence-corrected chi connectivity index (χ3v) is 8.30. The van der Waals surface area contributed by atoms with E-state index in [0.29, 0.717) is 32.0 Å². The predicted molar refractivity (Wildman–Crippen MR) is 154 cm³/mol. The molecule has 10 heteroatoms. The molecule has 2 saturated heterocycles. The first-order valence-corrected chi connectivity index (χ1v) is 14.0. The lowest BCUT2D eigenvalue weighted by atomic mass is 9.99. The van der Waals surface area contributed by atoms with Gasteiger partial charge in [0, 0.05) is 26.2 Å². The van der Waals surface area contributed by atoms with Crippen LogP contribution in [-0.4, -0.2) is 51.7 Å². The van der Waals surface area contributed by atoms with Gasteiger partial charge in [-0.05, 0) is 67.1 Å². The number of amides is 2. The number of para-hydroxylation sites is 2. The maximum atomic E-state index is 12.1. The normalized spacial score (nSPS) is 19.2. The topological polar surface area (TPSA) is 94.9 Å². The number of nitrogens with zero attached hydrogens (tertiary/aromatic N) is 3. The Morgan fingerprint density at radius 1 is 1.02 bits per heavy atom. The van der Waals surface area contributed by atoms with Crippen molar-refractivity contribution in [2.75, 3.05) is 31.2 Å². The van der Waals surface area contributed by atoms with E-state index in [1.165, 1.54) is 0 Å². The standard InChI is InChI=1S/C30H30N4O5S/c1-30(28(35)32-29(36)40-30)18-20-7-9-21(10-8-20)38-19-27-31-23-12-11-22(17-25(23)33(27)2)39-26-6-4-3-5-24(26)34-13-15-37-16-14-34/h3-12,17H,13-16,18-19H2,1-2H3,(H,32,35,36)/t30-/m1/s1. The quantitative estimate of drug-likeness (QED) is 0.321. The Balaban J connectivity index is 1.13. The zero-order chi connectivity index (χ0) is 27.7. The number of carbonyl (C=O) groups is 2. The molecule has 3 heterocycles. The number of carbonyl (C=O) groups excluding carboxylic acids is 2. The number of imide groups is 1. The van der Waals surface area contributed by atoms with Crippen molar-refractivity contribution < 1.29 is 23.8 Å². The van der Waals surface area contributed by atoms with Crippen LogP contribution >= 0.6 is 11.8 Å². The van der Waals surface area contributed by atoms with Crippen molar-refractivity contribution in [3.8, 4) is 17.2 Å². The Kier molecular flexibility index (Phi) is 7.12. The molecule has 1 aromatic heterocycles. The lowest BCUT2D eigenvalue weighted by Crippen LogP contribution is -2.36. The molecule has 0 aliphatic carbocycles. The van der Waals surface area contributed by atoms with Crippen LogP contribution < -0.4 is 19.7 Å². The minimum Gasteiger partial charge on any atom is -0.486 e. The minimum absolute atomic E-state index is 0.250. The fourth-order valence-electron chi connectivity index (χ4n) is 5.01. The van der Waals surface area contributed by atoms with Gasteiger partial charge in [-0.3, -0.25) is 14.9 Å². The van der Waals surface area contributed by atoms with Crippen molar-refractivity contribution in [1.29, 1.82) is 0 Å².